The lowest BCUT2D eigenvalue weighted by atomic mass is 10.1. The van der Waals surface area contributed by atoms with Crippen LogP contribution in [0.2, 0.25) is 0 Å². The summed E-state index contributed by atoms with van der Waals surface area (Å²) in [6.07, 6.45) is 8.33. The molecule has 31 heavy (non-hydrogen) atoms. The van der Waals surface area contributed by atoms with Gasteiger partial charge >= 0.3 is 6.03 Å². The molecule has 4 rings (SSSR count). The molecule has 3 heterocycles. The first-order valence-electron chi connectivity index (χ1n) is 11.5. The van der Waals surface area contributed by atoms with Gasteiger partial charge in [-0.05, 0) is 69.1 Å². The molecule has 1 saturated heterocycles. The largest absolute Gasteiger partial charge is 0.365 e. The zero-order chi connectivity index (χ0) is 21.5. The van der Waals surface area contributed by atoms with E-state index in [1.165, 1.54) is 18.4 Å². The SMILES string of the molecule is NCCCNCc1ccc(N2C=C3C=C(CCN[C@@H]4CCCNC4)NC3NC2=O)cc1. The van der Waals surface area contributed by atoms with E-state index in [-0.39, 0.29) is 12.2 Å². The van der Waals surface area contributed by atoms with Gasteiger partial charge in [-0.15, -0.1) is 0 Å². The monoisotopic (exact) mass is 425 g/mol. The molecule has 2 atom stereocenters. The fourth-order valence-corrected chi connectivity index (χ4v) is 4.23. The highest BCUT2D eigenvalue weighted by atomic mass is 16.2. The topological polar surface area (TPSA) is 106 Å². The van der Waals surface area contributed by atoms with E-state index in [9.17, 15) is 4.79 Å². The molecular weight excluding hydrogens is 390 g/mol. The van der Waals surface area contributed by atoms with Gasteiger partial charge in [0.05, 0.1) is 5.69 Å². The Hall–Kier alpha value is -2.39. The number of piperidine rings is 1. The number of hydrogen-bond acceptors (Lipinski definition) is 6. The normalized spacial score (nSPS) is 23.0. The number of amides is 2. The molecule has 0 bridgehead atoms. The van der Waals surface area contributed by atoms with Crippen molar-refractivity contribution in [2.75, 3.05) is 37.6 Å². The fourth-order valence-electron chi connectivity index (χ4n) is 4.23. The molecule has 168 valence electrons. The Morgan fingerprint density at radius 2 is 2.03 bits per heavy atom. The summed E-state index contributed by atoms with van der Waals surface area (Å²) in [5.41, 5.74) is 9.82. The number of nitrogens with zero attached hydrogens (tertiary/aromatic N) is 1. The van der Waals surface area contributed by atoms with Crippen molar-refractivity contribution in [1.29, 1.82) is 0 Å². The predicted octanol–water partition coefficient (Wildman–Crippen LogP) is 1.08. The molecule has 0 radical (unpaired) electrons. The van der Waals surface area contributed by atoms with Crippen LogP contribution < -0.4 is 37.2 Å². The first-order valence-corrected chi connectivity index (χ1v) is 11.5. The molecule has 7 N–H and O–H groups in total. The predicted molar refractivity (Wildman–Crippen MR) is 124 cm³/mol. The molecule has 8 heteroatoms. The summed E-state index contributed by atoms with van der Waals surface area (Å²) in [5, 5.41) is 16.9. The van der Waals surface area contributed by atoms with E-state index in [1.807, 2.05) is 18.3 Å². The van der Waals surface area contributed by atoms with E-state index in [2.05, 4.69) is 44.8 Å². The van der Waals surface area contributed by atoms with Crippen LogP contribution in [0.25, 0.3) is 0 Å². The zero-order valence-corrected chi connectivity index (χ0v) is 18.1. The Morgan fingerprint density at radius 3 is 2.81 bits per heavy atom. The number of hydrogen-bond donors (Lipinski definition) is 6. The molecule has 1 aromatic rings. The van der Waals surface area contributed by atoms with Crippen molar-refractivity contribution < 1.29 is 4.79 Å². The summed E-state index contributed by atoms with van der Waals surface area (Å²) >= 11 is 0. The van der Waals surface area contributed by atoms with E-state index in [1.54, 1.807) is 4.90 Å². The second-order valence-electron chi connectivity index (χ2n) is 8.43. The standard InChI is InChI=1S/C23H35N7O/c24-9-2-11-25-14-17-4-6-21(7-5-17)30-16-18-13-19(28-22(18)29-23(30)31)8-12-27-20-3-1-10-26-15-20/h4-7,13,16,20,22,25-28H,1-3,8-12,14-15,24H2,(H,29,31)/t20-,22?/m1/s1. The Kier molecular flexibility index (Phi) is 7.58. The summed E-state index contributed by atoms with van der Waals surface area (Å²) < 4.78 is 0. The molecule has 1 aromatic carbocycles. The Morgan fingerprint density at radius 1 is 1.16 bits per heavy atom. The van der Waals surface area contributed by atoms with Gasteiger partial charge in [0, 0.05) is 43.1 Å². The van der Waals surface area contributed by atoms with Crippen LogP contribution in [-0.4, -0.2) is 51.0 Å². The van der Waals surface area contributed by atoms with Crippen LogP contribution in [0, 0.1) is 0 Å². The molecular formula is C23H35N7O. The first-order chi connectivity index (χ1) is 15.2. The molecule has 0 aliphatic carbocycles. The zero-order valence-electron chi connectivity index (χ0n) is 18.1. The Balaban J connectivity index is 1.32. The van der Waals surface area contributed by atoms with Gasteiger partial charge in [-0.1, -0.05) is 12.1 Å². The highest BCUT2D eigenvalue weighted by Gasteiger charge is 2.30. The minimum atomic E-state index is -0.138. The Bertz CT molecular complexity index is 799. The number of nitrogens with one attached hydrogen (secondary N) is 5. The van der Waals surface area contributed by atoms with Crippen LogP contribution in [-0.2, 0) is 6.54 Å². The third-order valence-corrected chi connectivity index (χ3v) is 5.99. The number of benzene rings is 1. The van der Waals surface area contributed by atoms with Gasteiger partial charge in [0.25, 0.3) is 0 Å². The lowest BCUT2D eigenvalue weighted by Crippen LogP contribution is -2.51. The van der Waals surface area contributed by atoms with Crippen LogP contribution in [0.5, 0.6) is 0 Å². The smallest absolute Gasteiger partial charge is 0.327 e. The summed E-state index contributed by atoms with van der Waals surface area (Å²) in [7, 11) is 0. The number of carbonyl (C=O) groups is 1. The maximum absolute atomic E-state index is 12.7. The fraction of sp³-hybridized carbons (Fsp3) is 0.522. The molecule has 2 amide bonds. The van der Waals surface area contributed by atoms with Crippen LogP contribution in [0.3, 0.4) is 0 Å². The van der Waals surface area contributed by atoms with Gasteiger partial charge in [0.15, 0.2) is 0 Å². The number of fused-ring (bicyclic) bond motifs is 1. The summed E-state index contributed by atoms with van der Waals surface area (Å²) in [6.45, 7) is 5.53. The molecule has 0 aromatic heterocycles. The van der Waals surface area contributed by atoms with Gasteiger partial charge in [-0.3, -0.25) is 4.90 Å². The van der Waals surface area contributed by atoms with Gasteiger partial charge in [0.1, 0.15) is 6.17 Å². The van der Waals surface area contributed by atoms with Crippen molar-refractivity contribution in [3.8, 4) is 0 Å². The highest BCUT2D eigenvalue weighted by Crippen LogP contribution is 2.25. The molecule has 3 aliphatic heterocycles. The van der Waals surface area contributed by atoms with E-state index >= 15 is 0 Å². The van der Waals surface area contributed by atoms with Crippen molar-refractivity contribution in [3.63, 3.8) is 0 Å². The highest BCUT2D eigenvalue weighted by molar-refractivity contribution is 5.96. The molecule has 3 aliphatic rings. The minimum Gasteiger partial charge on any atom is -0.365 e. The summed E-state index contributed by atoms with van der Waals surface area (Å²) in [6, 6.07) is 8.55. The second-order valence-corrected chi connectivity index (χ2v) is 8.43. The molecule has 1 fully saturated rings. The average molecular weight is 426 g/mol. The number of anilines is 1. The maximum atomic E-state index is 12.7. The quantitative estimate of drug-likeness (QED) is 0.314. The second kappa shape index (κ2) is 10.8. The molecule has 8 nitrogen and oxygen atoms in total. The number of rotatable bonds is 10. The van der Waals surface area contributed by atoms with Crippen LogP contribution in [0.15, 0.2) is 47.8 Å². The van der Waals surface area contributed by atoms with Crippen molar-refractivity contribution in [3.05, 3.63) is 53.4 Å². The van der Waals surface area contributed by atoms with E-state index in [0.717, 1.165) is 62.5 Å². The maximum Gasteiger partial charge on any atom is 0.327 e. The van der Waals surface area contributed by atoms with Gasteiger partial charge in [-0.25, -0.2) is 4.79 Å². The number of urea groups is 1. The number of nitrogens with two attached hydrogens (primary N) is 1. The van der Waals surface area contributed by atoms with Gasteiger partial charge in [-0.2, -0.15) is 0 Å². The van der Waals surface area contributed by atoms with Crippen molar-refractivity contribution in [2.24, 2.45) is 5.73 Å². The van der Waals surface area contributed by atoms with E-state index in [4.69, 9.17) is 5.73 Å². The van der Waals surface area contributed by atoms with Crippen LogP contribution in [0.1, 0.15) is 31.2 Å². The number of carbonyl (C=O) groups excluding carboxylic acids is 1. The Labute approximate surface area is 184 Å². The van der Waals surface area contributed by atoms with Crippen LogP contribution in [0.4, 0.5) is 10.5 Å². The molecule has 0 spiro atoms. The first kappa shape index (κ1) is 21.8. The van der Waals surface area contributed by atoms with Crippen molar-refractivity contribution >= 4 is 11.7 Å². The minimum absolute atomic E-state index is 0.115. The summed E-state index contributed by atoms with van der Waals surface area (Å²) in [5.74, 6) is 0. The third-order valence-electron chi connectivity index (χ3n) is 5.99. The average Bonchev–Trinajstić information content (AvgIpc) is 3.19. The molecule has 1 unspecified atom stereocenters. The van der Waals surface area contributed by atoms with Gasteiger partial charge < -0.3 is 32.3 Å². The lowest BCUT2D eigenvalue weighted by molar-refractivity contribution is 0.243. The van der Waals surface area contributed by atoms with Crippen molar-refractivity contribution in [1.82, 2.24) is 26.6 Å². The lowest BCUT2D eigenvalue weighted by Gasteiger charge is -2.29. The van der Waals surface area contributed by atoms with Gasteiger partial charge in [0.2, 0.25) is 0 Å². The third kappa shape index (κ3) is 5.86. The summed E-state index contributed by atoms with van der Waals surface area (Å²) in [4.78, 5) is 14.3. The van der Waals surface area contributed by atoms with E-state index < -0.39 is 0 Å². The molecule has 0 saturated carbocycles. The van der Waals surface area contributed by atoms with E-state index in [0.29, 0.717) is 12.6 Å². The van der Waals surface area contributed by atoms with Crippen molar-refractivity contribution in [2.45, 2.75) is 44.4 Å². The van der Waals surface area contributed by atoms with Crippen LogP contribution >= 0.6 is 0 Å².